The van der Waals surface area contributed by atoms with E-state index >= 15 is 0 Å². The normalized spacial score (nSPS) is 14.8. The van der Waals surface area contributed by atoms with Gasteiger partial charge >= 0.3 is 11.9 Å². The molecule has 0 N–H and O–H groups in total. The van der Waals surface area contributed by atoms with E-state index in [1.165, 1.54) is 6.92 Å². The first kappa shape index (κ1) is 17.2. The number of rotatable bonds is 3. The Labute approximate surface area is 149 Å². The van der Waals surface area contributed by atoms with Gasteiger partial charge in [-0.1, -0.05) is 0 Å². The number of carbonyl (C=O) groups excluding carboxylic acids is 2. The average molecular weight is 349 g/mol. The molecular formula is C19H15N3O4. The number of esters is 2. The van der Waals surface area contributed by atoms with Gasteiger partial charge in [0.05, 0.1) is 0 Å². The van der Waals surface area contributed by atoms with Gasteiger partial charge in [0, 0.05) is 25.2 Å². The molecule has 0 aliphatic carbocycles. The zero-order valence-electron chi connectivity index (χ0n) is 14.4. The number of benzene rings is 1. The standard InChI is InChI=1S/C19H15N3O4/c1-11-14(8-15(10-20)22(11)3)9-17-19(24)26-18(21-17)13-4-6-16(7-5-13)25-12(2)23/h4-9H,1-3H3/b17-9+. The fourth-order valence-electron chi connectivity index (χ4n) is 2.49. The largest absolute Gasteiger partial charge is 0.427 e. The summed E-state index contributed by atoms with van der Waals surface area (Å²) in [6.45, 7) is 3.17. The molecule has 0 atom stereocenters. The van der Waals surface area contributed by atoms with Crippen LogP contribution >= 0.6 is 0 Å². The van der Waals surface area contributed by atoms with Crippen LogP contribution in [-0.4, -0.2) is 22.4 Å². The fraction of sp³-hybridized carbons (Fsp3) is 0.158. The van der Waals surface area contributed by atoms with Crippen LogP contribution in [0.15, 0.2) is 41.0 Å². The number of ether oxygens (including phenoxy) is 2. The Balaban J connectivity index is 1.90. The molecule has 0 spiro atoms. The Morgan fingerprint density at radius 2 is 2.04 bits per heavy atom. The van der Waals surface area contributed by atoms with Gasteiger partial charge in [-0.15, -0.1) is 0 Å². The van der Waals surface area contributed by atoms with Crippen LogP contribution in [0.25, 0.3) is 6.08 Å². The van der Waals surface area contributed by atoms with E-state index in [0.717, 1.165) is 11.3 Å². The second-order valence-corrected chi connectivity index (χ2v) is 5.70. The number of aromatic nitrogens is 1. The van der Waals surface area contributed by atoms with Crippen molar-refractivity contribution >= 4 is 23.9 Å². The minimum Gasteiger partial charge on any atom is -0.427 e. The van der Waals surface area contributed by atoms with Crippen molar-refractivity contribution in [3.05, 3.63) is 58.5 Å². The van der Waals surface area contributed by atoms with Crippen molar-refractivity contribution in [2.45, 2.75) is 13.8 Å². The van der Waals surface area contributed by atoms with Crippen molar-refractivity contribution in [2.75, 3.05) is 0 Å². The summed E-state index contributed by atoms with van der Waals surface area (Å²) in [5.41, 5.74) is 2.80. The van der Waals surface area contributed by atoms with E-state index < -0.39 is 11.9 Å². The van der Waals surface area contributed by atoms with E-state index in [4.69, 9.17) is 14.7 Å². The van der Waals surface area contributed by atoms with Crippen LogP contribution in [-0.2, 0) is 21.4 Å². The Kier molecular flexibility index (Phi) is 4.42. The van der Waals surface area contributed by atoms with E-state index in [1.54, 1.807) is 48.0 Å². The molecule has 0 bridgehead atoms. The van der Waals surface area contributed by atoms with E-state index in [1.807, 2.05) is 6.92 Å². The average Bonchev–Trinajstić information content (AvgIpc) is 3.10. The van der Waals surface area contributed by atoms with Crippen molar-refractivity contribution in [1.82, 2.24) is 4.57 Å². The molecule has 7 nitrogen and oxygen atoms in total. The first-order chi connectivity index (χ1) is 12.4. The molecule has 0 unspecified atom stereocenters. The van der Waals surface area contributed by atoms with Gasteiger partial charge in [0.1, 0.15) is 17.5 Å². The van der Waals surface area contributed by atoms with Crippen LogP contribution in [0.1, 0.15) is 29.4 Å². The Morgan fingerprint density at radius 3 is 2.62 bits per heavy atom. The Morgan fingerprint density at radius 1 is 1.35 bits per heavy atom. The molecule has 0 fully saturated rings. The molecular weight excluding hydrogens is 334 g/mol. The third-order valence-corrected chi connectivity index (χ3v) is 3.96. The van der Waals surface area contributed by atoms with Crippen molar-refractivity contribution in [3.8, 4) is 11.8 Å². The summed E-state index contributed by atoms with van der Waals surface area (Å²) in [5, 5.41) is 9.09. The lowest BCUT2D eigenvalue weighted by molar-refractivity contribution is -0.132. The molecule has 1 aliphatic rings. The zero-order valence-corrected chi connectivity index (χ0v) is 14.4. The minimum atomic E-state index is -0.564. The Bertz CT molecular complexity index is 1000. The molecule has 1 aliphatic heterocycles. The number of hydrogen-bond acceptors (Lipinski definition) is 6. The number of cyclic esters (lactones) is 1. The lowest BCUT2D eigenvalue weighted by Crippen LogP contribution is -2.06. The molecule has 0 amide bonds. The van der Waals surface area contributed by atoms with Gasteiger partial charge in [-0.3, -0.25) is 4.79 Å². The maximum Gasteiger partial charge on any atom is 0.363 e. The first-order valence-corrected chi connectivity index (χ1v) is 7.77. The second-order valence-electron chi connectivity index (χ2n) is 5.70. The highest BCUT2D eigenvalue weighted by Crippen LogP contribution is 2.23. The van der Waals surface area contributed by atoms with Gasteiger partial charge in [0.15, 0.2) is 5.70 Å². The first-order valence-electron chi connectivity index (χ1n) is 7.77. The summed E-state index contributed by atoms with van der Waals surface area (Å²) in [7, 11) is 1.78. The van der Waals surface area contributed by atoms with Crippen LogP contribution in [0.3, 0.4) is 0 Å². The maximum absolute atomic E-state index is 12.1. The lowest BCUT2D eigenvalue weighted by atomic mass is 10.2. The molecule has 0 radical (unpaired) electrons. The summed E-state index contributed by atoms with van der Waals surface area (Å²) < 4.78 is 11.9. The van der Waals surface area contributed by atoms with Crippen LogP contribution < -0.4 is 4.74 Å². The van der Waals surface area contributed by atoms with Crippen LogP contribution in [0.5, 0.6) is 5.75 Å². The van der Waals surface area contributed by atoms with Crippen LogP contribution in [0.4, 0.5) is 0 Å². The number of nitrogens with zero attached hydrogens (tertiary/aromatic N) is 3. The summed E-state index contributed by atoms with van der Waals surface area (Å²) in [5.74, 6) is -0.413. The van der Waals surface area contributed by atoms with Crippen molar-refractivity contribution in [2.24, 2.45) is 12.0 Å². The number of nitriles is 1. The van der Waals surface area contributed by atoms with Crippen LogP contribution in [0.2, 0.25) is 0 Å². The minimum absolute atomic E-state index is 0.155. The molecule has 3 rings (SSSR count). The van der Waals surface area contributed by atoms with Gasteiger partial charge in [-0.2, -0.15) is 5.26 Å². The van der Waals surface area contributed by atoms with Gasteiger partial charge in [0.2, 0.25) is 5.90 Å². The molecule has 2 aromatic rings. The smallest absolute Gasteiger partial charge is 0.363 e. The summed E-state index contributed by atoms with van der Waals surface area (Å²) in [6, 6.07) is 10.3. The molecule has 0 saturated carbocycles. The van der Waals surface area contributed by atoms with Gasteiger partial charge in [-0.05, 0) is 48.9 Å². The van der Waals surface area contributed by atoms with Gasteiger partial charge in [0.25, 0.3) is 0 Å². The number of aliphatic imine (C=N–C) groups is 1. The summed E-state index contributed by atoms with van der Waals surface area (Å²) in [6.07, 6.45) is 1.60. The van der Waals surface area contributed by atoms with E-state index in [9.17, 15) is 9.59 Å². The summed E-state index contributed by atoms with van der Waals surface area (Å²) >= 11 is 0. The van der Waals surface area contributed by atoms with Crippen LogP contribution in [0, 0.1) is 18.3 Å². The molecule has 26 heavy (non-hydrogen) atoms. The highest BCUT2D eigenvalue weighted by atomic mass is 16.6. The SMILES string of the molecule is CC(=O)Oc1ccc(C2=N/C(=C/c3cc(C#N)n(C)c3C)C(=O)O2)cc1. The highest BCUT2D eigenvalue weighted by molar-refractivity contribution is 6.12. The zero-order chi connectivity index (χ0) is 18.8. The predicted molar refractivity (Wildman–Crippen MR) is 93.2 cm³/mol. The molecule has 7 heteroatoms. The number of carbonyl (C=O) groups is 2. The van der Waals surface area contributed by atoms with E-state index in [2.05, 4.69) is 11.1 Å². The van der Waals surface area contributed by atoms with Gasteiger partial charge < -0.3 is 14.0 Å². The Hall–Kier alpha value is -3.66. The van der Waals surface area contributed by atoms with E-state index in [-0.39, 0.29) is 11.6 Å². The second kappa shape index (κ2) is 6.69. The third-order valence-electron chi connectivity index (χ3n) is 3.96. The monoisotopic (exact) mass is 349 g/mol. The molecule has 1 aromatic heterocycles. The van der Waals surface area contributed by atoms with Crippen molar-refractivity contribution in [3.63, 3.8) is 0 Å². The van der Waals surface area contributed by atoms with E-state index in [0.29, 0.717) is 17.0 Å². The number of hydrogen-bond donors (Lipinski definition) is 0. The molecule has 130 valence electrons. The fourth-order valence-corrected chi connectivity index (χ4v) is 2.49. The quantitative estimate of drug-likeness (QED) is 0.482. The molecule has 2 heterocycles. The molecule has 0 saturated heterocycles. The van der Waals surface area contributed by atoms with Crippen molar-refractivity contribution in [1.29, 1.82) is 5.26 Å². The summed E-state index contributed by atoms with van der Waals surface area (Å²) in [4.78, 5) is 27.3. The maximum atomic E-state index is 12.1. The molecule has 1 aromatic carbocycles. The van der Waals surface area contributed by atoms with Crippen molar-refractivity contribution < 1.29 is 19.1 Å². The lowest BCUT2D eigenvalue weighted by Gasteiger charge is -2.02. The topological polar surface area (TPSA) is 93.7 Å². The highest BCUT2D eigenvalue weighted by Gasteiger charge is 2.25. The predicted octanol–water partition coefficient (Wildman–Crippen LogP) is 2.48. The van der Waals surface area contributed by atoms with Gasteiger partial charge in [-0.25, -0.2) is 9.79 Å². The third kappa shape index (κ3) is 3.26.